The molecule has 0 unspecified atom stereocenters. The molecule has 2 heteroatoms. The molecule has 0 saturated carbocycles. The zero-order valence-corrected chi connectivity index (χ0v) is 10.2. The molecule has 0 spiro atoms. The largest absolute Gasteiger partial charge is 0.400 e. The Kier molecular flexibility index (Phi) is 3.30. The van der Waals surface area contributed by atoms with Crippen LogP contribution in [0, 0.1) is 0 Å². The highest BCUT2D eigenvalue weighted by Crippen LogP contribution is 2.38. The second kappa shape index (κ2) is 4.15. The number of aliphatic hydroxyl groups excluding tert-OH is 1. The SMILES string of the molecule is CC1=[N+](C)c2ccccc2C1(C)C.CO. The highest BCUT2D eigenvalue weighted by Gasteiger charge is 2.40. The van der Waals surface area contributed by atoms with E-state index in [0.717, 1.165) is 7.11 Å². The minimum absolute atomic E-state index is 0.200. The van der Waals surface area contributed by atoms with Gasteiger partial charge < -0.3 is 5.11 Å². The zero-order chi connectivity index (χ0) is 11.6. The number of rotatable bonds is 0. The molecule has 2 nitrogen and oxygen atoms in total. The van der Waals surface area contributed by atoms with Crippen molar-refractivity contribution in [1.82, 2.24) is 0 Å². The number of hydrogen-bond acceptors (Lipinski definition) is 1. The Morgan fingerprint density at radius 2 is 1.67 bits per heavy atom. The smallest absolute Gasteiger partial charge is 0.209 e. The summed E-state index contributed by atoms with van der Waals surface area (Å²) in [6, 6.07) is 8.63. The molecule has 0 aliphatic carbocycles. The molecular weight excluding hydrogens is 186 g/mol. The number of hydrogen-bond donors (Lipinski definition) is 1. The molecular formula is C13H20NO+. The molecule has 1 heterocycles. The Morgan fingerprint density at radius 1 is 1.13 bits per heavy atom. The first-order valence-electron chi connectivity index (χ1n) is 5.17. The molecule has 0 saturated heterocycles. The van der Waals surface area contributed by atoms with Gasteiger partial charge in [0.05, 0.1) is 5.41 Å². The summed E-state index contributed by atoms with van der Waals surface area (Å²) in [6.45, 7) is 6.77. The first-order chi connectivity index (χ1) is 7.05. The van der Waals surface area contributed by atoms with Crippen LogP contribution in [-0.2, 0) is 5.41 Å². The third-order valence-electron chi connectivity index (χ3n) is 3.35. The van der Waals surface area contributed by atoms with Gasteiger partial charge in [0, 0.05) is 25.7 Å². The van der Waals surface area contributed by atoms with Gasteiger partial charge in [0.15, 0.2) is 5.71 Å². The lowest BCUT2D eigenvalue weighted by atomic mass is 9.82. The predicted molar refractivity (Wildman–Crippen MR) is 64.1 cm³/mol. The van der Waals surface area contributed by atoms with Gasteiger partial charge in [-0.3, -0.25) is 0 Å². The van der Waals surface area contributed by atoms with Crippen LogP contribution in [0.2, 0.25) is 0 Å². The maximum absolute atomic E-state index is 7.00. The van der Waals surface area contributed by atoms with Crippen LogP contribution in [-0.4, -0.2) is 29.6 Å². The highest BCUT2D eigenvalue weighted by atomic mass is 16.2. The van der Waals surface area contributed by atoms with Gasteiger partial charge in [-0.15, -0.1) is 0 Å². The van der Waals surface area contributed by atoms with E-state index in [4.69, 9.17) is 5.11 Å². The van der Waals surface area contributed by atoms with Gasteiger partial charge in [-0.25, -0.2) is 4.58 Å². The fourth-order valence-corrected chi connectivity index (χ4v) is 2.09. The summed E-state index contributed by atoms with van der Waals surface area (Å²) in [5.41, 5.74) is 4.42. The van der Waals surface area contributed by atoms with Crippen LogP contribution in [0.15, 0.2) is 24.3 Å². The number of aliphatic hydroxyl groups is 1. The van der Waals surface area contributed by atoms with E-state index in [1.807, 2.05) is 0 Å². The average Bonchev–Trinajstić information content (AvgIpc) is 2.45. The van der Waals surface area contributed by atoms with Gasteiger partial charge in [0.2, 0.25) is 5.69 Å². The molecule has 0 radical (unpaired) electrons. The van der Waals surface area contributed by atoms with Crippen molar-refractivity contribution in [2.75, 3.05) is 14.2 Å². The normalized spacial score (nSPS) is 16.9. The molecule has 0 bridgehead atoms. The van der Waals surface area contributed by atoms with E-state index in [0.29, 0.717) is 0 Å². The zero-order valence-electron chi connectivity index (χ0n) is 10.2. The van der Waals surface area contributed by atoms with E-state index in [-0.39, 0.29) is 5.41 Å². The summed E-state index contributed by atoms with van der Waals surface area (Å²) in [4.78, 5) is 0. The summed E-state index contributed by atoms with van der Waals surface area (Å²) in [5, 5.41) is 7.00. The maximum atomic E-state index is 7.00. The van der Waals surface area contributed by atoms with E-state index >= 15 is 0 Å². The van der Waals surface area contributed by atoms with Crippen LogP contribution in [0.3, 0.4) is 0 Å². The number of para-hydroxylation sites is 1. The molecule has 0 amide bonds. The fourth-order valence-electron chi connectivity index (χ4n) is 2.09. The van der Waals surface area contributed by atoms with Crippen molar-refractivity contribution in [3.63, 3.8) is 0 Å². The molecule has 1 aromatic rings. The van der Waals surface area contributed by atoms with Gasteiger partial charge in [-0.2, -0.15) is 0 Å². The number of nitrogens with zero attached hydrogens (tertiary/aromatic N) is 1. The summed E-state index contributed by atoms with van der Waals surface area (Å²) >= 11 is 0. The van der Waals surface area contributed by atoms with Crippen molar-refractivity contribution in [2.24, 2.45) is 0 Å². The van der Waals surface area contributed by atoms with Crippen molar-refractivity contribution in [1.29, 1.82) is 0 Å². The minimum Gasteiger partial charge on any atom is -0.400 e. The van der Waals surface area contributed by atoms with Crippen LogP contribution in [0.1, 0.15) is 26.3 Å². The van der Waals surface area contributed by atoms with Crippen molar-refractivity contribution in [3.8, 4) is 0 Å². The Hall–Kier alpha value is -1.15. The molecule has 15 heavy (non-hydrogen) atoms. The van der Waals surface area contributed by atoms with E-state index in [2.05, 4.69) is 56.7 Å². The summed E-state index contributed by atoms with van der Waals surface area (Å²) in [6.07, 6.45) is 0. The van der Waals surface area contributed by atoms with Gasteiger partial charge >= 0.3 is 0 Å². The molecule has 1 aliphatic rings. The third-order valence-corrected chi connectivity index (χ3v) is 3.35. The Bertz CT molecular complexity index is 391. The maximum Gasteiger partial charge on any atom is 0.209 e. The molecule has 0 aromatic heterocycles. The second-order valence-electron chi connectivity index (χ2n) is 4.29. The quantitative estimate of drug-likeness (QED) is 0.647. The number of benzene rings is 1. The predicted octanol–water partition coefficient (Wildman–Crippen LogP) is 2.32. The minimum atomic E-state index is 0.200. The van der Waals surface area contributed by atoms with Crippen molar-refractivity contribution in [2.45, 2.75) is 26.2 Å². The molecule has 2 rings (SSSR count). The molecule has 0 fully saturated rings. The highest BCUT2D eigenvalue weighted by molar-refractivity contribution is 5.93. The molecule has 0 atom stereocenters. The van der Waals surface area contributed by atoms with E-state index in [1.165, 1.54) is 17.0 Å². The lowest BCUT2D eigenvalue weighted by Crippen LogP contribution is -2.25. The van der Waals surface area contributed by atoms with E-state index in [9.17, 15) is 0 Å². The van der Waals surface area contributed by atoms with Crippen molar-refractivity contribution < 1.29 is 9.68 Å². The van der Waals surface area contributed by atoms with Crippen LogP contribution >= 0.6 is 0 Å². The topological polar surface area (TPSA) is 23.2 Å². The molecule has 1 N–H and O–H groups in total. The van der Waals surface area contributed by atoms with Crippen molar-refractivity contribution in [3.05, 3.63) is 29.8 Å². The Balaban J connectivity index is 0.000000531. The van der Waals surface area contributed by atoms with E-state index in [1.54, 1.807) is 0 Å². The average molecular weight is 206 g/mol. The van der Waals surface area contributed by atoms with Gasteiger partial charge in [0.1, 0.15) is 7.05 Å². The third kappa shape index (κ3) is 1.70. The van der Waals surface area contributed by atoms with E-state index < -0.39 is 0 Å². The first kappa shape index (κ1) is 11.9. The fraction of sp³-hybridized carbons (Fsp3) is 0.462. The lowest BCUT2D eigenvalue weighted by molar-refractivity contribution is -0.403. The number of fused-ring (bicyclic) bond motifs is 1. The van der Waals surface area contributed by atoms with Gasteiger partial charge in [-0.05, 0) is 13.8 Å². The van der Waals surface area contributed by atoms with Crippen LogP contribution in [0.5, 0.6) is 0 Å². The van der Waals surface area contributed by atoms with Crippen LogP contribution in [0.4, 0.5) is 5.69 Å². The Labute approximate surface area is 91.9 Å². The van der Waals surface area contributed by atoms with Gasteiger partial charge in [-0.1, -0.05) is 18.2 Å². The summed E-state index contributed by atoms with van der Waals surface area (Å²) in [5.74, 6) is 0. The van der Waals surface area contributed by atoms with Crippen LogP contribution in [0.25, 0.3) is 0 Å². The Morgan fingerprint density at radius 3 is 2.20 bits per heavy atom. The molecule has 1 aromatic carbocycles. The monoisotopic (exact) mass is 206 g/mol. The first-order valence-corrected chi connectivity index (χ1v) is 5.17. The summed E-state index contributed by atoms with van der Waals surface area (Å²) < 4.78 is 2.29. The second-order valence-corrected chi connectivity index (χ2v) is 4.29. The molecule has 1 aliphatic heterocycles. The molecule has 82 valence electrons. The lowest BCUT2D eigenvalue weighted by Gasteiger charge is -2.14. The summed E-state index contributed by atoms with van der Waals surface area (Å²) in [7, 11) is 3.14. The standard InChI is InChI=1S/C12H16N.CH4O/c1-9-12(2,3)10-7-5-6-8-11(10)13(9)4;1-2/h5-8H,1-4H3;2H,1H3/q+1;. The van der Waals surface area contributed by atoms with Crippen LogP contribution < -0.4 is 0 Å². The van der Waals surface area contributed by atoms with Gasteiger partial charge in [0.25, 0.3) is 0 Å². The van der Waals surface area contributed by atoms with Crippen molar-refractivity contribution >= 4 is 11.4 Å².